The first-order valence-electron chi connectivity index (χ1n) is 7.60. The van der Waals surface area contributed by atoms with Gasteiger partial charge in [0, 0.05) is 11.3 Å². The van der Waals surface area contributed by atoms with E-state index in [1.165, 1.54) is 36.2 Å². The highest BCUT2D eigenvalue weighted by Crippen LogP contribution is 2.22. The zero-order valence-electron chi connectivity index (χ0n) is 13.8. The summed E-state index contributed by atoms with van der Waals surface area (Å²) in [6, 6.07) is 11.1. The van der Waals surface area contributed by atoms with Gasteiger partial charge in [-0.2, -0.15) is 10.1 Å². The molecule has 0 atom stereocenters. The molecular formula is C17H16FN5O2S. The van der Waals surface area contributed by atoms with Gasteiger partial charge < -0.3 is 9.84 Å². The average Bonchev–Trinajstić information content (AvgIpc) is 3.10. The van der Waals surface area contributed by atoms with Gasteiger partial charge in [0.2, 0.25) is 11.1 Å². The van der Waals surface area contributed by atoms with Crippen LogP contribution < -0.4 is 10.2 Å². The predicted octanol–water partition coefficient (Wildman–Crippen LogP) is 3.40. The number of nitrogens with zero attached hydrogens (tertiary/aromatic N) is 3. The van der Waals surface area contributed by atoms with Crippen molar-refractivity contribution in [3.05, 3.63) is 59.4 Å². The number of phenolic OH excluding ortho intramolecular Hbond substituents is 1. The molecule has 0 radical (unpaired) electrons. The minimum Gasteiger partial charge on any atom is -0.507 e. The van der Waals surface area contributed by atoms with Crippen molar-refractivity contribution in [3.8, 4) is 11.5 Å². The number of aromatic nitrogens is 3. The Labute approximate surface area is 153 Å². The highest BCUT2D eigenvalue weighted by molar-refractivity contribution is 7.98. The SMILES string of the molecule is COc1ccc(O)c(/C=N/Nc2nc(SCc3ccc(F)cc3)n[nH]2)c1. The van der Waals surface area contributed by atoms with Crippen molar-refractivity contribution in [3.63, 3.8) is 0 Å². The smallest absolute Gasteiger partial charge is 0.240 e. The molecule has 9 heteroatoms. The largest absolute Gasteiger partial charge is 0.507 e. The number of benzene rings is 2. The van der Waals surface area contributed by atoms with E-state index < -0.39 is 0 Å². The highest BCUT2D eigenvalue weighted by Gasteiger charge is 2.04. The van der Waals surface area contributed by atoms with E-state index in [-0.39, 0.29) is 11.6 Å². The topological polar surface area (TPSA) is 95.4 Å². The molecule has 1 aromatic heterocycles. The monoisotopic (exact) mass is 373 g/mol. The standard InChI is InChI=1S/C17H16FN5O2S/c1-25-14-6-7-15(24)12(8-14)9-19-21-16-20-17(23-22-16)26-10-11-2-4-13(18)5-3-11/h2-9,24H,10H2,1H3,(H2,20,21,22,23)/b19-9+. The molecule has 0 amide bonds. The number of rotatable bonds is 7. The van der Waals surface area contributed by atoms with Crippen molar-refractivity contribution in [2.45, 2.75) is 10.9 Å². The Morgan fingerprint density at radius 3 is 2.88 bits per heavy atom. The Balaban J connectivity index is 1.56. The van der Waals surface area contributed by atoms with E-state index in [4.69, 9.17) is 4.74 Å². The van der Waals surface area contributed by atoms with Crippen LogP contribution in [0.1, 0.15) is 11.1 Å². The zero-order chi connectivity index (χ0) is 18.4. The number of halogens is 1. The van der Waals surface area contributed by atoms with Crippen LogP contribution in [0.2, 0.25) is 0 Å². The number of hydrazone groups is 1. The summed E-state index contributed by atoms with van der Waals surface area (Å²) in [4.78, 5) is 4.24. The van der Waals surface area contributed by atoms with Gasteiger partial charge in [-0.15, -0.1) is 5.10 Å². The van der Waals surface area contributed by atoms with Gasteiger partial charge in [0.15, 0.2) is 0 Å². The molecular weight excluding hydrogens is 357 g/mol. The maximum absolute atomic E-state index is 12.9. The number of ether oxygens (including phenoxy) is 1. The van der Waals surface area contributed by atoms with Gasteiger partial charge in [-0.05, 0) is 35.9 Å². The summed E-state index contributed by atoms with van der Waals surface area (Å²) < 4.78 is 18.0. The Morgan fingerprint density at radius 1 is 1.31 bits per heavy atom. The average molecular weight is 373 g/mol. The molecule has 3 N–H and O–H groups in total. The first-order valence-corrected chi connectivity index (χ1v) is 8.58. The van der Waals surface area contributed by atoms with Gasteiger partial charge >= 0.3 is 0 Å². The fourth-order valence-corrected chi connectivity index (χ4v) is 2.77. The number of anilines is 1. The normalized spacial score (nSPS) is 11.0. The minimum atomic E-state index is -0.261. The second-order valence-electron chi connectivity index (χ2n) is 5.18. The summed E-state index contributed by atoms with van der Waals surface area (Å²) in [7, 11) is 1.55. The van der Waals surface area contributed by atoms with Crippen molar-refractivity contribution >= 4 is 23.9 Å². The van der Waals surface area contributed by atoms with E-state index in [1.807, 2.05) is 0 Å². The summed E-state index contributed by atoms with van der Waals surface area (Å²) in [5.74, 6) is 1.43. The highest BCUT2D eigenvalue weighted by atomic mass is 32.2. The maximum Gasteiger partial charge on any atom is 0.240 e. The van der Waals surface area contributed by atoms with E-state index in [9.17, 15) is 9.50 Å². The van der Waals surface area contributed by atoms with Crippen LogP contribution in [-0.2, 0) is 5.75 Å². The Hall–Kier alpha value is -3.07. The Bertz CT molecular complexity index is 898. The number of methoxy groups -OCH3 is 1. The first-order chi connectivity index (χ1) is 12.6. The number of thioether (sulfide) groups is 1. The van der Waals surface area contributed by atoms with Crippen molar-refractivity contribution in [1.29, 1.82) is 0 Å². The van der Waals surface area contributed by atoms with E-state index in [0.29, 0.717) is 28.2 Å². The van der Waals surface area contributed by atoms with Crippen LogP contribution in [0.15, 0.2) is 52.7 Å². The van der Waals surface area contributed by atoms with Gasteiger partial charge in [-0.1, -0.05) is 23.9 Å². The lowest BCUT2D eigenvalue weighted by Crippen LogP contribution is -1.93. The van der Waals surface area contributed by atoms with Gasteiger partial charge in [-0.3, -0.25) is 0 Å². The molecule has 7 nitrogen and oxygen atoms in total. The lowest BCUT2D eigenvalue weighted by molar-refractivity contribution is 0.412. The molecule has 134 valence electrons. The number of hydrogen-bond acceptors (Lipinski definition) is 7. The van der Waals surface area contributed by atoms with Crippen LogP contribution >= 0.6 is 11.8 Å². The molecule has 0 fully saturated rings. The maximum atomic E-state index is 12.9. The fraction of sp³-hybridized carbons (Fsp3) is 0.118. The van der Waals surface area contributed by atoms with E-state index in [1.54, 1.807) is 31.4 Å². The summed E-state index contributed by atoms with van der Waals surface area (Å²) >= 11 is 1.41. The van der Waals surface area contributed by atoms with Crippen LogP contribution in [0.5, 0.6) is 11.5 Å². The molecule has 26 heavy (non-hydrogen) atoms. The van der Waals surface area contributed by atoms with Gasteiger partial charge in [-0.25, -0.2) is 14.9 Å². The Morgan fingerprint density at radius 2 is 2.12 bits per heavy atom. The predicted molar refractivity (Wildman–Crippen MR) is 98.2 cm³/mol. The van der Waals surface area contributed by atoms with Gasteiger partial charge in [0.05, 0.1) is 13.3 Å². The van der Waals surface area contributed by atoms with Crippen molar-refractivity contribution < 1.29 is 14.2 Å². The molecule has 0 aliphatic rings. The molecule has 0 spiro atoms. The minimum absolute atomic E-state index is 0.0875. The van der Waals surface area contributed by atoms with Crippen LogP contribution in [0.4, 0.5) is 10.3 Å². The number of hydrogen-bond donors (Lipinski definition) is 3. The van der Waals surface area contributed by atoms with E-state index in [0.717, 1.165) is 5.56 Å². The van der Waals surface area contributed by atoms with Crippen molar-refractivity contribution in [2.75, 3.05) is 12.5 Å². The summed E-state index contributed by atoms with van der Waals surface area (Å²) in [6.45, 7) is 0. The van der Waals surface area contributed by atoms with Gasteiger partial charge in [0.25, 0.3) is 0 Å². The molecule has 2 aromatic carbocycles. The number of nitrogens with one attached hydrogen (secondary N) is 2. The lowest BCUT2D eigenvalue weighted by atomic mass is 10.2. The van der Waals surface area contributed by atoms with Crippen LogP contribution in [0.25, 0.3) is 0 Å². The van der Waals surface area contributed by atoms with Crippen LogP contribution in [0.3, 0.4) is 0 Å². The summed E-state index contributed by atoms with van der Waals surface area (Å²) in [5.41, 5.74) is 4.19. The Kier molecular flexibility index (Phi) is 5.69. The molecule has 0 unspecified atom stereocenters. The molecule has 0 saturated heterocycles. The van der Waals surface area contributed by atoms with E-state index >= 15 is 0 Å². The zero-order valence-corrected chi connectivity index (χ0v) is 14.6. The lowest BCUT2D eigenvalue weighted by Gasteiger charge is -2.02. The van der Waals surface area contributed by atoms with Gasteiger partial charge in [0.1, 0.15) is 17.3 Å². The number of aromatic amines is 1. The quantitative estimate of drug-likeness (QED) is 0.334. The third-order valence-electron chi connectivity index (χ3n) is 3.35. The second-order valence-corrected chi connectivity index (χ2v) is 6.12. The number of aromatic hydroxyl groups is 1. The van der Waals surface area contributed by atoms with Crippen LogP contribution in [-0.4, -0.2) is 33.6 Å². The second kappa shape index (κ2) is 8.34. The van der Waals surface area contributed by atoms with Crippen molar-refractivity contribution in [1.82, 2.24) is 15.2 Å². The number of phenols is 1. The first kappa shape index (κ1) is 17.7. The molecule has 3 aromatic rings. The molecule has 0 saturated carbocycles. The fourth-order valence-electron chi connectivity index (χ4n) is 2.02. The van der Waals surface area contributed by atoms with Crippen molar-refractivity contribution in [2.24, 2.45) is 5.10 Å². The third-order valence-corrected chi connectivity index (χ3v) is 4.27. The summed E-state index contributed by atoms with van der Waals surface area (Å²) in [5, 5.41) is 21.1. The molecule has 0 aliphatic heterocycles. The van der Waals surface area contributed by atoms with E-state index in [2.05, 4.69) is 25.7 Å². The molecule has 0 bridgehead atoms. The summed E-state index contributed by atoms with van der Waals surface area (Å²) in [6.07, 6.45) is 1.45. The molecule has 3 rings (SSSR count). The molecule has 0 aliphatic carbocycles. The third kappa shape index (κ3) is 4.73. The number of H-pyrrole nitrogens is 1. The van der Waals surface area contributed by atoms with Crippen LogP contribution in [0, 0.1) is 5.82 Å². The molecule has 1 heterocycles.